The van der Waals surface area contributed by atoms with Gasteiger partial charge < -0.3 is 0 Å². The minimum Gasteiger partial charge on any atom is -0.235 e. The van der Waals surface area contributed by atoms with Crippen LogP contribution in [0.3, 0.4) is 0 Å². The highest BCUT2D eigenvalue weighted by molar-refractivity contribution is 8.28. The number of nitriles is 1. The van der Waals surface area contributed by atoms with Crippen molar-refractivity contribution < 1.29 is 0 Å². The molecule has 0 fully saturated rings. The van der Waals surface area contributed by atoms with Crippen LogP contribution in [0.4, 0.5) is 0 Å². The zero-order chi connectivity index (χ0) is 15.7. The molecule has 1 aliphatic heterocycles. The van der Waals surface area contributed by atoms with Crippen LogP contribution in [0.25, 0.3) is 16.8 Å². The largest absolute Gasteiger partial charge is 0.235 e. The molecule has 5 heteroatoms. The first kappa shape index (κ1) is 15.4. The number of aromatic nitrogens is 1. The fraction of sp³-hybridized carbons (Fsp3) is 0.176. The van der Waals surface area contributed by atoms with Crippen LogP contribution in [0, 0.1) is 18.3 Å². The molecule has 3 rings (SSSR count). The van der Waals surface area contributed by atoms with Gasteiger partial charge in [0.1, 0.15) is 16.6 Å². The van der Waals surface area contributed by atoms with Crippen LogP contribution >= 0.6 is 34.9 Å². The van der Waals surface area contributed by atoms with E-state index in [1.807, 2.05) is 5.38 Å². The Labute approximate surface area is 143 Å². The standard InChI is InChI=1S/C17H14N2S3/c1-10-4-6-13(7-5-10)15-9-20-16(19-15)14(8-18)17-21-11(2)12(3)22-17/h4-7,9H,1-3H3. The summed E-state index contributed by atoms with van der Waals surface area (Å²) in [5, 5.41) is 12.4. The number of nitrogens with zero attached hydrogens (tertiary/aromatic N) is 2. The highest BCUT2D eigenvalue weighted by Crippen LogP contribution is 2.51. The minimum atomic E-state index is 0.689. The van der Waals surface area contributed by atoms with E-state index in [9.17, 15) is 5.26 Å². The monoisotopic (exact) mass is 342 g/mol. The SMILES string of the molecule is CC1=C(C)SC(=C(C#N)c2nc(-c3ccc(C)cc3)cs2)S1. The molecule has 0 unspecified atom stereocenters. The molecule has 1 aromatic carbocycles. The van der Waals surface area contributed by atoms with Gasteiger partial charge in [0.25, 0.3) is 0 Å². The summed E-state index contributed by atoms with van der Waals surface area (Å²) in [7, 11) is 0. The number of rotatable bonds is 2. The van der Waals surface area contributed by atoms with E-state index in [4.69, 9.17) is 0 Å². The number of hydrogen-bond acceptors (Lipinski definition) is 5. The van der Waals surface area contributed by atoms with Gasteiger partial charge in [-0.05, 0) is 30.6 Å². The number of thioether (sulfide) groups is 2. The molecular weight excluding hydrogens is 328 g/mol. The van der Waals surface area contributed by atoms with Crippen molar-refractivity contribution in [3.8, 4) is 17.3 Å². The van der Waals surface area contributed by atoms with Gasteiger partial charge in [0.05, 0.1) is 9.93 Å². The third kappa shape index (κ3) is 3.00. The Balaban J connectivity index is 1.95. The highest BCUT2D eigenvalue weighted by atomic mass is 32.2. The Bertz CT molecular complexity index is 804. The Morgan fingerprint density at radius 3 is 2.27 bits per heavy atom. The van der Waals surface area contributed by atoms with E-state index < -0.39 is 0 Å². The average molecular weight is 343 g/mol. The Kier molecular flexibility index (Phi) is 4.44. The van der Waals surface area contributed by atoms with Gasteiger partial charge in [0.2, 0.25) is 0 Å². The van der Waals surface area contributed by atoms with Crippen molar-refractivity contribution in [3.63, 3.8) is 0 Å². The quantitative estimate of drug-likeness (QED) is 0.623. The molecule has 2 heterocycles. The predicted molar refractivity (Wildman–Crippen MR) is 98.4 cm³/mol. The second kappa shape index (κ2) is 6.33. The number of allylic oxidation sites excluding steroid dienone is 3. The number of thiazole rings is 1. The van der Waals surface area contributed by atoms with E-state index in [0.29, 0.717) is 5.57 Å². The minimum absolute atomic E-state index is 0.689. The predicted octanol–water partition coefficient (Wildman–Crippen LogP) is 6.04. The molecule has 0 atom stereocenters. The molecule has 1 aromatic heterocycles. The van der Waals surface area contributed by atoms with Crippen LogP contribution in [0.1, 0.15) is 24.4 Å². The summed E-state index contributed by atoms with van der Waals surface area (Å²) in [5.74, 6) is 0. The smallest absolute Gasteiger partial charge is 0.136 e. The average Bonchev–Trinajstić information content (AvgIpc) is 3.09. The van der Waals surface area contributed by atoms with Crippen LogP contribution in [-0.2, 0) is 0 Å². The first-order chi connectivity index (χ1) is 10.6. The summed E-state index contributed by atoms with van der Waals surface area (Å²) >= 11 is 4.88. The summed E-state index contributed by atoms with van der Waals surface area (Å²) in [5.41, 5.74) is 3.94. The normalized spacial score (nSPS) is 14.4. The van der Waals surface area contributed by atoms with E-state index in [1.54, 1.807) is 23.5 Å². The van der Waals surface area contributed by atoms with Crippen molar-refractivity contribution in [2.45, 2.75) is 20.8 Å². The summed E-state index contributed by atoms with van der Waals surface area (Å²) in [6.07, 6.45) is 0. The van der Waals surface area contributed by atoms with Crippen molar-refractivity contribution in [3.05, 3.63) is 54.3 Å². The van der Waals surface area contributed by atoms with Crippen molar-refractivity contribution in [2.24, 2.45) is 0 Å². The summed E-state index contributed by atoms with van der Waals surface area (Å²) in [6, 6.07) is 10.6. The molecule has 1 aliphatic rings. The van der Waals surface area contributed by atoms with Gasteiger partial charge in [-0.1, -0.05) is 53.4 Å². The summed E-state index contributed by atoms with van der Waals surface area (Å²) < 4.78 is 1.04. The maximum atomic E-state index is 9.54. The van der Waals surface area contributed by atoms with E-state index >= 15 is 0 Å². The van der Waals surface area contributed by atoms with Gasteiger partial charge in [-0.25, -0.2) is 4.98 Å². The molecular formula is C17H14N2S3. The molecule has 2 aromatic rings. The number of aryl methyl sites for hydroxylation is 1. The topological polar surface area (TPSA) is 36.7 Å². The third-order valence-corrected chi connectivity index (χ3v) is 6.86. The molecule has 110 valence electrons. The fourth-order valence-electron chi connectivity index (χ4n) is 1.97. The van der Waals surface area contributed by atoms with Crippen molar-refractivity contribution in [2.75, 3.05) is 0 Å². The van der Waals surface area contributed by atoms with Crippen LogP contribution in [0.15, 0.2) is 43.7 Å². The van der Waals surface area contributed by atoms with Crippen LogP contribution < -0.4 is 0 Å². The first-order valence-corrected chi connectivity index (χ1v) is 9.30. The number of hydrogen-bond donors (Lipinski definition) is 0. The number of benzene rings is 1. The molecule has 0 N–H and O–H groups in total. The zero-order valence-electron chi connectivity index (χ0n) is 12.5. The van der Waals surface area contributed by atoms with Gasteiger partial charge >= 0.3 is 0 Å². The molecule has 0 saturated heterocycles. The second-order valence-electron chi connectivity index (χ2n) is 4.99. The molecule has 0 saturated carbocycles. The Hall–Kier alpha value is -1.48. The third-order valence-electron chi connectivity index (χ3n) is 3.37. The lowest BCUT2D eigenvalue weighted by Gasteiger charge is -2.00. The van der Waals surface area contributed by atoms with Gasteiger partial charge in [0, 0.05) is 10.9 Å². The molecule has 0 radical (unpaired) electrons. The lowest BCUT2D eigenvalue weighted by Crippen LogP contribution is -1.84. The van der Waals surface area contributed by atoms with Crippen LogP contribution in [0.2, 0.25) is 0 Å². The van der Waals surface area contributed by atoms with Crippen LogP contribution in [-0.4, -0.2) is 4.98 Å². The second-order valence-corrected chi connectivity index (χ2v) is 8.56. The van der Waals surface area contributed by atoms with Gasteiger partial charge in [0.15, 0.2) is 0 Å². The van der Waals surface area contributed by atoms with Crippen molar-refractivity contribution in [1.29, 1.82) is 5.26 Å². The summed E-state index contributed by atoms with van der Waals surface area (Å²) in [6.45, 7) is 6.25. The van der Waals surface area contributed by atoms with Crippen molar-refractivity contribution >= 4 is 40.4 Å². The van der Waals surface area contributed by atoms with E-state index in [0.717, 1.165) is 20.5 Å². The highest BCUT2D eigenvalue weighted by Gasteiger charge is 2.21. The van der Waals surface area contributed by atoms with Gasteiger partial charge in [-0.2, -0.15) is 5.26 Å². The van der Waals surface area contributed by atoms with Crippen molar-refractivity contribution in [1.82, 2.24) is 4.98 Å². The zero-order valence-corrected chi connectivity index (χ0v) is 15.0. The molecule has 22 heavy (non-hydrogen) atoms. The van der Waals surface area contributed by atoms with Gasteiger partial charge in [-0.3, -0.25) is 0 Å². The first-order valence-electron chi connectivity index (χ1n) is 6.79. The molecule has 0 aliphatic carbocycles. The maximum Gasteiger partial charge on any atom is 0.136 e. The van der Waals surface area contributed by atoms with E-state index in [-0.39, 0.29) is 0 Å². The molecule has 0 spiro atoms. The van der Waals surface area contributed by atoms with Crippen LogP contribution in [0.5, 0.6) is 0 Å². The molecule has 0 bridgehead atoms. The van der Waals surface area contributed by atoms with E-state index in [1.165, 1.54) is 26.7 Å². The fourth-order valence-corrected chi connectivity index (χ4v) is 5.43. The molecule has 0 amide bonds. The maximum absolute atomic E-state index is 9.54. The van der Waals surface area contributed by atoms with Gasteiger partial charge in [-0.15, -0.1) is 11.3 Å². The summed E-state index contributed by atoms with van der Waals surface area (Å²) in [4.78, 5) is 7.20. The Morgan fingerprint density at radius 1 is 1.05 bits per heavy atom. The lowest BCUT2D eigenvalue weighted by atomic mass is 10.1. The van der Waals surface area contributed by atoms with E-state index in [2.05, 4.69) is 56.1 Å². The molecule has 2 nitrogen and oxygen atoms in total. The Morgan fingerprint density at radius 2 is 1.68 bits per heavy atom. The lowest BCUT2D eigenvalue weighted by molar-refractivity contribution is 1.36.